The first-order chi connectivity index (χ1) is 23.6. The third-order valence-corrected chi connectivity index (χ3v) is 7.99. The van der Waals surface area contributed by atoms with Crippen LogP contribution in [0.3, 0.4) is 0 Å². The van der Waals surface area contributed by atoms with Gasteiger partial charge in [-0.05, 0) is 65.1 Å². The zero-order chi connectivity index (χ0) is 36.9. The van der Waals surface area contributed by atoms with Crippen molar-refractivity contribution >= 4 is 33.4 Å². The largest absolute Gasteiger partial charge is 0.416 e. The van der Waals surface area contributed by atoms with Crippen molar-refractivity contribution in [3.8, 4) is 42.5 Å². The van der Waals surface area contributed by atoms with Gasteiger partial charge in [0.15, 0.2) is 0 Å². The molecule has 0 aliphatic heterocycles. The van der Waals surface area contributed by atoms with E-state index in [1.165, 1.54) is 30.3 Å². The number of alkyl halides is 6. The van der Waals surface area contributed by atoms with E-state index < -0.39 is 85.0 Å². The maximum Gasteiger partial charge on any atom is 0.416 e. The van der Waals surface area contributed by atoms with Crippen LogP contribution in [0.4, 0.5) is 30.7 Å². The average Bonchev–Trinajstić information content (AvgIpc) is 3.58. The fourth-order valence-electron chi connectivity index (χ4n) is 5.94. The number of nitriles is 7. The maximum absolute atomic E-state index is 17.0. The van der Waals surface area contributed by atoms with Gasteiger partial charge >= 0.3 is 12.4 Å². The van der Waals surface area contributed by atoms with Gasteiger partial charge in [-0.2, -0.15) is 63.2 Å². The molecule has 50 heavy (non-hydrogen) atoms. The quantitative estimate of drug-likeness (QED) is 0.194. The lowest BCUT2D eigenvalue weighted by atomic mass is 9.88. The molecule has 7 nitrogen and oxygen atoms in total. The van der Waals surface area contributed by atoms with Crippen LogP contribution >= 0.6 is 0 Å². The Labute approximate surface area is 277 Å². The Hall–Kier alpha value is -7.44. The van der Waals surface area contributed by atoms with Crippen LogP contribution in [0.5, 0.6) is 0 Å². The number of benzene rings is 3. The first kappa shape index (κ1) is 33.9. The summed E-state index contributed by atoms with van der Waals surface area (Å²) in [5, 5.41) is 69.5. The van der Waals surface area contributed by atoms with Gasteiger partial charge in [0.05, 0.1) is 33.9 Å². The van der Waals surface area contributed by atoms with E-state index in [2.05, 4.69) is 0 Å². The summed E-state index contributed by atoms with van der Waals surface area (Å²) in [6.45, 7) is 1.55. The summed E-state index contributed by atoms with van der Waals surface area (Å²) in [5.74, 6) is -1.40. The van der Waals surface area contributed by atoms with Crippen molar-refractivity contribution in [1.29, 1.82) is 36.8 Å². The maximum atomic E-state index is 17.0. The Morgan fingerprint density at radius 1 is 0.560 bits per heavy atom. The zero-order valence-corrected chi connectivity index (χ0v) is 24.8. The predicted octanol–water partition coefficient (Wildman–Crippen LogP) is 8.54. The summed E-state index contributed by atoms with van der Waals surface area (Å²) in [6.07, 6.45) is -10.7. The Bertz CT molecular complexity index is 2480. The van der Waals surface area contributed by atoms with Crippen LogP contribution in [-0.2, 0) is 12.4 Å². The smallest absolute Gasteiger partial charge is 0.206 e. The number of rotatable bonds is 2. The molecule has 0 saturated carbocycles. The van der Waals surface area contributed by atoms with Gasteiger partial charge in [-0.15, -0.1) is 0 Å². The van der Waals surface area contributed by atoms with Crippen molar-refractivity contribution in [2.24, 2.45) is 0 Å². The molecule has 0 atom stereocenters. The van der Waals surface area contributed by atoms with E-state index in [1.807, 2.05) is 12.1 Å². The Kier molecular flexibility index (Phi) is 8.12. The molecule has 0 fully saturated rings. The Morgan fingerprint density at radius 2 is 1.00 bits per heavy atom. The predicted molar refractivity (Wildman–Crippen MR) is 160 cm³/mol. The van der Waals surface area contributed by atoms with Crippen molar-refractivity contribution in [2.75, 3.05) is 0 Å². The van der Waals surface area contributed by atoms with E-state index in [-0.39, 0.29) is 46.0 Å². The lowest BCUT2D eigenvalue weighted by Crippen LogP contribution is -2.12. The van der Waals surface area contributed by atoms with E-state index >= 15 is 4.39 Å². The van der Waals surface area contributed by atoms with Gasteiger partial charge in [0.25, 0.3) is 0 Å². The summed E-state index contributed by atoms with van der Waals surface area (Å²) < 4.78 is 100. The number of aryl methyl sites for hydroxylation is 1. The first-order valence-electron chi connectivity index (χ1n) is 13.7. The molecule has 0 N–H and O–H groups in total. The van der Waals surface area contributed by atoms with Gasteiger partial charge < -0.3 is 0 Å². The molecule has 0 heterocycles. The molecule has 0 radical (unpaired) electrons. The third kappa shape index (κ3) is 5.10. The highest BCUT2D eigenvalue weighted by atomic mass is 19.4. The van der Waals surface area contributed by atoms with E-state index in [0.717, 1.165) is 6.07 Å². The number of hydrogen-bond donors (Lipinski definition) is 0. The minimum Gasteiger partial charge on any atom is -0.206 e. The molecule has 2 aliphatic rings. The molecule has 3 aromatic carbocycles. The first-order valence-corrected chi connectivity index (χ1v) is 13.7. The topological polar surface area (TPSA) is 167 Å². The van der Waals surface area contributed by atoms with Crippen LogP contribution in [0.1, 0.15) is 55.6 Å². The minimum atomic E-state index is -5.34. The number of nitrogens with zero attached hydrogens (tertiary/aromatic N) is 7. The van der Waals surface area contributed by atoms with Gasteiger partial charge in [0, 0.05) is 33.4 Å². The molecule has 14 heteroatoms. The van der Waals surface area contributed by atoms with Crippen molar-refractivity contribution in [3.05, 3.63) is 115 Å². The number of halogens is 7. The van der Waals surface area contributed by atoms with Crippen molar-refractivity contribution < 1.29 is 30.7 Å². The monoisotopic (exact) mass is 673 g/mol. The van der Waals surface area contributed by atoms with E-state index in [1.54, 1.807) is 25.1 Å². The van der Waals surface area contributed by atoms with Gasteiger partial charge in [-0.1, -0.05) is 12.1 Å². The fraction of sp³-hybridized carbons (Fsp3) is 0.0833. The van der Waals surface area contributed by atoms with E-state index in [9.17, 15) is 63.2 Å². The van der Waals surface area contributed by atoms with E-state index in [0.29, 0.717) is 5.56 Å². The highest BCUT2D eigenvalue weighted by molar-refractivity contribution is 6.30. The van der Waals surface area contributed by atoms with Crippen molar-refractivity contribution in [2.45, 2.75) is 19.3 Å². The second kappa shape index (κ2) is 12.0. The molecule has 0 spiro atoms. The second-order valence-electron chi connectivity index (χ2n) is 10.6. The van der Waals surface area contributed by atoms with Crippen LogP contribution < -0.4 is 0 Å². The van der Waals surface area contributed by atoms with Crippen LogP contribution in [0.2, 0.25) is 0 Å². The molecule has 2 aliphatic carbocycles. The summed E-state index contributed by atoms with van der Waals surface area (Å²) in [6, 6.07) is 17.2. The van der Waals surface area contributed by atoms with Crippen molar-refractivity contribution in [3.63, 3.8) is 0 Å². The van der Waals surface area contributed by atoms with Crippen molar-refractivity contribution in [1.82, 2.24) is 0 Å². The molecule has 0 bridgehead atoms. The Morgan fingerprint density at radius 3 is 1.36 bits per heavy atom. The standard InChI is InChI=1S/C36H10F7N7/c1-16-4-17(2-3-18(16)9-44)28-26(14-49)32-24(30(28)20(10-45)11-46)8-25-31(21(12-47)13-48)29(27(15-50)33(25)34(32)37)19-5-22(35(38,39)40)7-23(6-19)36(41,42)43/h2-8H,1H3. The molecule has 0 amide bonds. The van der Waals surface area contributed by atoms with Gasteiger partial charge in [0.2, 0.25) is 0 Å². The number of hydrogen-bond acceptors (Lipinski definition) is 7. The molecule has 0 aromatic heterocycles. The number of fused-ring (bicyclic) bond motifs is 2. The molecule has 3 aromatic rings. The second-order valence-corrected chi connectivity index (χ2v) is 10.6. The summed E-state index contributed by atoms with van der Waals surface area (Å²) in [5.41, 5.74) is -10.6. The third-order valence-electron chi connectivity index (χ3n) is 7.99. The highest BCUT2D eigenvalue weighted by Gasteiger charge is 2.43. The lowest BCUT2D eigenvalue weighted by Gasteiger charge is -2.16. The highest BCUT2D eigenvalue weighted by Crippen LogP contribution is 2.56. The SMILES string of the molecule is Cc1cc(C2=C(C#N)c3c(cc4c(c3F)C(C#N)=C(c3cc(C(F)(F)F)cc(C(F)(F)F)c3)C4=C(C#N)C#N)C2=C(C#N)C#N)ccc1C#N. The number of allylic oxidation sites excluding steroid dienone is 8. The van der Waals surface area contributed by atoms with E-state index in [4.69, 9.17) is 0 Å². The molecule has 0 unspecified atom stereocenters. The van der Waals surface area contributed by atoms with Crippen LogP contribution in [0.15, 0.2) is 53.6 Å². The Balaban J connectivity index is 2.00. The molecule has 5 rings (SSSR count). The van der Waals surface area contributed by atoms with Crippen LogP contribution in [0.25, 0.3) is 33.4 Å². The normalized spacial score (nSPS) is 13.2. The van der Waals surface area contributed by atoms with Crippen LogP contribution in [-0.4, -0.2) is 0 Å². The zero-order valence-electron chi connectivity index (χ0n) is 24.8. The minimum absolute atomic E-state index is 0.127. The average molecular weight is 674 g/mol. The summed E-state index contributed by atoms with van der Waals surface area (Å²) >= 11 is 0. The lowest BCUT2D eigenvalue weighted by molar-refractivity contribution is -0.143. The molecule has 0 saturated heterocycles. The molecule has 238 valence electrons. The van der Waals surface area contributed by atoms with Gasteiger partial charge in [0.1, 0.15) is 53.4 Å². The fourth-order valence-corrected chi connectivity index (χ4v) is 5.94. The summed E-state index contributed by atoms with van der Waals surface area (Å²) in [7, 11) is 0. The van der Waals surface area contributed by atoms with Crippen LogP contribution in [0, 0.1) is 92.1 Å². The molecular formula is C36H10F7N7. The van der Waals surface area contributed by atoms with Gasteiger partial charge in [-0.3, -0.25) is 0 Å². The summed E-state index contributed by atoms with van der Waals surface area (Å²) in [4.78, 5) is 0. The molecular weight excluding hydrogens is 663 g/mol. The van der Waals surface area contributed by atoms with Gasteiger partial charge in [-0.25, -0.2) is 4.39 Å².